The van der Waals surface area contributed by atoms with Crippen molar-refractivity contribution >= 4 is 5.97 Å². The van der Waals surface area contributed by atoms with Crippen LogP contribution < -0.4 is 0 Å². The van der Waals surface area contributed by atoms with Gasteiger partial charge in [-0.05, 0) is 0 Å². The van der Waals surface area contributed by atoms with Gasteiger partial charge in [-0.15, -0.1) is 0 Å². The highest BCUT2D eigenvalue weighted by Crippen LogP contribution is 1.89. The van der Waals surface area contributed by atoms with Gasteiger partial charge in [0.2, 0.25) is 0 Å². The molecule has 0 fully saturated rings. The van der Waals surface area contributed by atoms with E-state index in [9.17, 15) is 4.79 Å². The van der Waals surface area contributed by atoms with Gasteiger partial charge in [0.15, 0.2) is 6.04 Å². The lowest BCUT2D eigenvalue weighted by Gasteiger charge is -2.11. The van der Waals surface area contributed by atoms with Crippen LogP contribution in [0.15, 0.2) is 0 Å². The van der Waals surface area contributed by atoms with E-state index in [4.69, 9.17) is 20.6 Å². The molecule has 0 spiro atoms. The third kappa shape index (κ3) is 2.38. The zero-order valence-electron chi connectivity index (χ0n) is 4.43. The van der Waals surface area contributed by atoms with Crippen molar-refractivity contribution in [1.82, 2.24) is 5.23 Å². The number of carboxylic acid groups (broad SMARTS) is 1. The van der Waals surface area contributed by atoms with Crippen molar-refractivity contribution in [2.75, 3.05) is 6.61 Å². The quantitative estimate of drug-likeness (QED) is 0.353. The van der Waals surface area contributed by atoms with Gasteiger partial charge in [0.05, 0.1) is 6.61 Å². The number of aliphatic hydroxyl groups excluding tert-OH is 1. The van der Waals surface area contributed by atoms with Crippen molar-refractivity contribution in [3.8, 4) is 0 Å². The monoisotopic (exact) mass is 137 g/mol. The number of aliphatic carboxylic acids is 1. The third-order valence-electron chi connectivity index (χ3n) is 0.737. The average molecular weight is 137 g/mol. The van der Waals surface area contributed by atoms with Gasteiger partial charge in [0, 0.05) is 0 Å². The molecule has 0 bridgehead atoms. The number of nitrogens with zero attached hydrogens (tertiary/aromatic N) is 1. The van der Waals surface area contributed by atoms with Crippen molar-refractivity contribution in [3.05, 3.63) is 0 Å². The predicted molar refractivity (Wildman–Crippen MR) is 23.9 cm³/mol. The molecule has 0 aromatic heterocycles. The standard InChI is InChI=1S/C3H7NO5/c5-1-2(3(6)7)4(8)9/h2,5,8-9H,1H2,(H,6,7)/t2-/m0/s1. The van der Waals surface area contributed by atoms with Crippen LogP contribution in [0.3, 0.4) is 0 Å². The Balaban J connectivity index is 3.83. The summed E-state index contributed by atoms with van der Waals surface area (Å²) in [6.45, 7) is -0.845. The first-order chi connectivity index (χ1) is 4.09. The Hall–Kier alpha value is -0.690. The fourth-order valence-corrected chi connectivity index (χ4v) is 0.250. The van der Waals surface area contributed by atoms with Crippen LogP contribution in [-0.2, 0) is 4.79 Å². The van der Waals surface area contributed by atoms with E-state index in [0.29, 0.717) is 0 Å². The molecule has 0 aliphatic carbocycles. The van der Waals surface area contributed by atoms with Crippen LogP contribution in [0.4, 0.5) is 0 Å². The van der Waals surface area contributed by atoms with Crippen LogP contribution in [0.1, 0.15) is 0 Å². The molecule has 0 amide bonds. The highest BCUT2D eigenvalue weighted by Gasteiger charge is 2.21. The molecule has 0 rings (SSSR count). The van der Waals surface area contributed by atoms with Crippen molar-refractivity contribution in [1.29, 1.82) is 0 Å². The Morgan fingerprint density at radius 1 is 1.56 bits per heavy atom. The predicted octanol–water partition coefficient (Wildman–Crippen LogP) is -1.49. The Bertz CT molecular complexity index is 102. The molecule has 0 unspecified atom stereocenters. The number of hydrogen-bond acceptors (Lipinski definition) is 5. The van der Waals surface area contributed by atoms with E-state index in [0.717, 1.165) is 0 Å². The molecule has 6 heteroatoms. The van der Waals surface area contributed by atoms with E-state index in [-0.39, 0.29) is 0 Å². The van der Waals surface area contributed by atoms with Crippen LogP contribution in [0.25, 0.3) is 0 Å². The lowest BCUT2D eigenvalue weighted by atomic mass is 10.3. The van der Waals surface area contributed by atoms with Crippen molar-refractivity contribution in [3.63, 3.8) is 0 Å². The van der Waals surface area contributed by atoms with Crippen LogP contribution in [0, 0.1) is 0 Å². The maximum absolute atomic E-state index is 9.85. The van der Waals surface area contributed by atoms with Crippen LogP contribution in [-0.4, -0.2) is 44.5 Å². The van der Waals surface area contributed by atoms with Gasteiger partial charge in [-0.2, -0.15) is 0 Å². The number of aliphatic hydroxyl groups is 1. The highest BCUT2D eigenvalue weighted by atomic mass is 16.8. The molecule has 1 atom stereocenters. The fraction of sp³-hybridized carbons (Fsp3) is 0.667. The highest BCUT2D eigenvalue weighted by molar-refractivity contribution is 5.73. The summed E-state index contributed by atoms with van der Waals surface area (Å²) in [7, 11) is 0. The topological polar surface area (TPSA) is 101 Å². The van der Waals surface area contributed by atoms with E-state index in [1.165, 1.54) is 0 Å². The van der Waals surface area contributed by atoms with Gasteiger partial charge in [0.25, 0.3) is 0 Å². The minimum absolute atomic E-state index is 0.553. The number of carboxylic acids is 1. The Kier molecular flexibility index (Phi) is 3.10. The molecule has 0 heterocycles. The lowest BCUT2D eigenvalue weighted by Crippen LogP contribution is -2.39. The second-order valence-corrected chi connectivity index (χ2v) is 1.36. The zero-order chi connectivity index (χ0) is 7.44. The Morgan fingerprint density at radius 3 is 2.00 bits per heavy atom. The molecule has 6 nitrogen and oxygen atoms in total. The van der Waals surface area contributed by atoms with E-state index in [2.05, 4.69) is 0 Å². The molecule has 0 aliphatic rings. The molecule has 0 aromatic rings. The lowest BCUT2D eigenvalue weighted by molar-refractivity contribution is -0.330. The van der Waals surface area contributed by atoms with E-state index < -0.39 is 23.8 Å². The summed E-state index contributed by atoms with van der Waals surface area (Å²) in [5.74, 6) is -1.50. The Labute approximate surface area is 50.5 Å². The summed E-state index contributed by atoms with van der Waals surface area (Å²) in [5.41, 5.74) is 0. The summed E-state index contributed by atoms with van der Waals surface area (Å²) in [6.07, 6.45) is 0. The molecule has 0 saturated carbocycles. The van der Waals surface area contributed by atoms with Gasteiger partial charge in [-0.1, -0.05) is 5.23 Å². The molecule has 0 saturated heterocycles. The summed E-state index contributed by atoms with van der Waals surface area (Å²) in [6, 6.07) is -1.66. The molecular formula is C3H7NO5. The van der Waals surface area contributed by atoms with Crippen molar-refractivity contribution < 1.29 is 25.4 Å². The van der Waals surface area contributed by atoms with Crippen LogP contribution in [0.5, 0.6) is 0 Å². The van der Waals surface area contributed by atoms with Gasteiger partial charge >= 0.3 is 5.97 Å². The molecule has 0 aromatic carbocycles. The van der Waals surface area contributed by atoms with Crippen LogP contribution >= 0.6 is 0 Å². The normalized spacial score (nSPS) is 13.8. The fourth-order valence-electron chi connectivity index (χ4n) is 0.250. The number of hydroxylamine groups is 2. The largest absolute Gasteiger partial charge is 0.480 e. The molecule has 4 N–H and O–H groups in total. The van der Waals surface area contributed by atoms with E-state index in [1.54, 1.807) is 0 Å². The summed E-state index contributed by atoms with van der Waals surface area (Å²) >= 11 is 0. The van der Waals surface area contributed by atoms with E-state index in [1.807, 2.05) is 0 Å². The molecule has 0 aliphatic heterocycles. The second-order valence-electron chi connectivity index (χ2n) is 1.36. The first-order valence-electron chi connectivity index (χ1n) is 2.10. The maximum atomic E-state index is 9.85. The van der Waals surface area contributed by atoms with Crippen molar-refractivity contribution in [2.45, 2.75) is 6.04 Å². The van der Waals surface area contributed by atoms with Gasteiger partial charge in [-0.25, -0.2) is 0 Å². The zero-order valence-corrected chi connectivity index (χ0v) is 4.43. The van der Waals surface area contributed by atoms with Crippen LogP contribution in [0.2, 0.25) is 0 Å². The first kappa shape index (κ1) is 8.31. The summed E-state index contributed by atoms with van der Waals surface area (Å²) in [5, 5.41) is 31.7. The minimum atomic E-state index is -1.66. The smallest absolute Gasteiger partial charge is 0.328 e. The minimum Gasteiger partial charge on any atom is -0.480 e. The summed E-state index contributed by atoms with van der Waals surface area (Å²) in [4.78, 5) is 9.85. The second kappa shape index (κ2) is 3.36. The Morgan fingerprint density at radius 2 is 2.00 bits per heavy atom. The SMILES string of the molecule is O=C(O)[C@H](CO)N(O)O. The average Bonchev–Trinajstić information content (AvgIpc) is 1.64. The summed E-state index contributed by atoms with van der Waals surface area (Å²) < 4.78 is 0. The first-order valence-corrected chi connectivity index (χ1v) is 2.10. The molecule has 0 radical (unpaired) electrons. The number of rotatable bonds is 3. The van der Waals surface area contributed by atoms with Gasteiger partial charge < -0.3 is 10.2 Å². The van der Waals surface area contributed by atoms with Gasteiger partial charge in [0.1, 0.15) is 0 Å². The van der Waals surface area contributed by atoms with Gasteiger partial charge in [-0.3, -0.25) is 15.2 Å². The maximum Gasteiger partial charge on any atom is 0.328 e. The number of hydrogen-bond donors (Lipinski definition) is 4. The van der Waals surface area contributed by atoms with E-state index >= 15 is 0 Å². The number of carbonyl (C=O) groups is 1. The molecule has 9 heavy (non-hydrogen) atoms. The molecular weight excluding hydrogens is 130 g/mol. The third-order valence-corrected chi connectivity index (χ3v) is 0.737. The molecule has 54 valence electrons. The van der Waals surface area contributed by atoms with Crippen molar-refractivity contribution in [2.24, 2.45) is 0 Å².